The quantitative estimate of drug-likeness (QED) is 0.843. The van der Waals surface area contributed by atoms with Crippen LogP contribution in [0.3, 0.4) is 0 Å². The highest BCUT2D eigenvalue weighted by Crippen LogP contribution is 2.26. The van der Waals surface area contributed by atoms with Crippen molar-refractivity contribution in [3.8, 4) is 5.75 Å². The standard InChI is InChI=1S/C15H22FNO3/c1-5-9(2)17-15(19)11(4)20-14-8-12(16)6-7-13(14)10(3)18/h6-11,18H,5H2,1-4H3,(H,17,19). The highest BCUT2D eigenvalue weighted by Gasteiger charge is 2.19. The molecule has 0 saturated heterocycles. The fraction of sp³-hybridized carbons (Fsp3) is 0.533. The largest absolute Gasteiger partial charge is 0.480 e. The lowest BCUT2D eigenvalue weighted by Gasteiger charge is -2.20. The minimum absolute atomic E-state index is 0.0531. The minimum atomic E-state index is -0.796. The van der Waals surface area contributed by atoms with Crippen molar-refractivity contribution < 1.29 is 19.0 Å². The van der Waals surface area contributed by atoms with Crippen molar-refractivity contribution in [1.29, 1.82) is 0 Å². The summed E-state index contributed by atoms with van der Waals surface area (Å²) in [4.78, 5) is 11.9. The second-order valence-electron chi connectivity index (χ2n) is 4.94. The Balaban J connectivity index is 2.81. The van der Waals surface area contributed by atoms with Gasteiger partial charge in [-0.25, -0.2) is 4.39 Å². The van der Waals surface area contributed by atoms with Gasteiger partial charge in [0.25, 0.3) is 5.91 Å². The van der Waals surface area contributed by atoms with Crippen LogP contribution in [-0.2, 0) is 4.79 Å². The van der Waals surface area contributed by atoms with Gasteiger partial charge in [-0.05, 0) is 39.3 Å². The second-order valence-corrected chi connectivity index (χ2v) is 4.94. The van der Waals surface area contributed by atoms with E-state index in [-0.39, 0.29) is 17.7 Å². The number of rotatable bonds is 6. The smallest absolute Gasteiger partial charge is 0.260 e. The Morgan fingerprint density at radius 2 is 2.05 bits per heavy atom. The summed E-state index contributed by atoms with van der Waals surface area (Å²) >= 11 is 0. The van der Waals surface area contributed by atoms with Crippen LogP contribution in [0.2, 0.25) is 0 Å². The molecule has 3 unspecified atom stereocenters. The summed E-state index contributed by atoms with van der Waals surface area (Å²) in [5, 5.41) is 12.4. The summed E-state index contributed by atoms with van der Waals surface area (Å²) in [6.07, 6.45) is -0.740. The molecule has 1 aromatic rings. The van der Waals surface area contributed by atoms with Crippen molar-refractivity contribution in [2.75, 3.05) is 0 Å². The maximum atomic E-state index is 13.3. The van der Waals surface area contributed by atoms with Gasteiger partial charge in [-0.3, -0.25) is 4.79 Å². The fourth-order valence-electron chi connectivity index (χ4n) is 1.66. The summed E-state index contributed by atoms with van der Waals surface area (Å²) < 4.78 is 18.7. The summed E-state index contributed by atoms with van der Waals surface area (Å²) in [5.41, 5.74) is 0.453. The summed E-state index contributed by atoms with van der Waals surface area (Å²) in [6.45, 7) is 7.01. The molecule has 0 aliphatic carbocycles. The van der Waals surface area contributed by atoms with Gasteiger partial charge in [0.2, 0.25) is 0 Å². The van der Waals surface area contributed by atoms with Crippen LogP contribution in [0.1, 0.15) is 45.8 Å². The number of carbonyl (C=O) groups is 1. The molecule has 5 heteroatoms. The molecule has 2 N–H and O–H groups in total. The first-order chi connectivity index (χ1) is 9.35. The molecule has 0 fully saturated rings. The molecule has 0 aromatic heterocycles. The molecule has 1 amide bonds. The lowest BCUT2D eigenvalue weighted by molar-refractivity contribution is -0.127. The molecule has 0 aliphatic heterocycles. The molecule has 0 aliphatic rings. The van der Waals surface area contributed by atoms with E-state index in [1.807, 2.05) is 13.8 Å². The Kier molecular flexibility index (Phi) is 5.95. The average molecular weight is 283 g/mol. The SMILES string of the molecule is CCC(C)NC(=O)C(C)Oc1cc(F)ccc1C(C)O. The Labute approximate surface area is 119 Å². The van der Waals surface area contributed by atoms with E-state index in [1.54, 1.807) is 13.8 Å². The van der Waals surface area contributed by atoms with E-state index in [4.69, 9.17) is 4.74 Å². The summed E-state index contributed by atoms with van der Waals surface area (Å²) in [5.74, 6) is -0.550. The van der Waals surface area contributed by atoms with Crippen molar-refractivity contribution in [3.05, 3.63) is 29.6 Å². The normalized spacial score (nSPS) is 15.3. The number of benzene rings is 1. The number of carbonyl (C=O) groups excluding carboxylic acids is 1. The molecule has 0 saturated carbocycles. The molecule has 0 bridgehead atoms. The molecule has 4 nitrogen and oxygen atoms in total. The third kappa shape index (κ3) is 4.49. The van der Waals surface area contributed by atoms with E-state index in [0.717, 1.165) is 6.42 Å². The van der Waals surface area contributed by atoms with Crippen molar-refractivity contribution in [3.63, 3.8) is 0 Å². The zero-order valence-corrected chi connectivity index (χ0v) is 12.3. The zero-order chi connectivity index (χ0) is 15.3. The molecule has 3 atom stereocenters. The Morgan fingerprint density at radius 3 is 2.60 bits per heavy atom. The molecule has 20 heavy (non-hydrogen) atoms. The van der Waals surface area contributed by atoms with E-state index in [0.29, 0.717) is 5.56 Å². The Hall–Kier alpha value is -1.62. The van der Waals surface area contributed by atoms with Crippen LogP contribution in [0, 0.1) is 5.82 Å². The Morgan fingerprint density at radius 1 is 1.40 bits per heavy atom. The molecule has 0 spiro atoms. The van der Waals surface area contributed by atoms with E-state index in [1.165, 1.54) is 18.2 Å². The zero-order valence-electron chi connectivity index (χ0n) is 12.3. The number of hydrogen-bond donors (Lipinski definition) is 2. The number of halogens is 1. The van der Waals surface area contributed by atoms with Gasteiger partial charge in [0, 0.05) is 17.7 Å². The van der Waals surface area contributed by atoms with Gasteiger partial charge in [0.05, 0.1) is 6.10 Å². The third-order valence-electron chi connectivity index (χ3n) is 3.10. The van der Waals surface area contributed by atoms with Gasteiger partial charge in [-0.15, -0.1) is 0 Å². The third-order valence-corrected chi connectivity index (χ3v) is 3.10. The van der Waals surface area contributed by atoms with Crippen LogP contribution in [0.25, 0.3) is 0 Å². The van der Waals surface area contributed by atoms with E-state index < -0.39 is 18.0 Å². The van der Waals surface area contributed by atoms with Crippen molar-refractivity contribution >= 4 is 5.91 Å². The molecule has 1 aromatic carbocycles. The average Bonchev–Trinajstić information content (AvgIpc) is 2.38. The number of ether oxygens (including phenoxy) is 1. The maximum absolute atomic E-state index is 13.3. The fourth-order valence-corrected chi connectivity index (χ4v) is 1.66. The van der Waals surface area contributed by atoms with Gasteiger partial charge < -0.3 is 15.2 Å². The Bertz CT molecular complexity index is 462. The lowest BCUT2D eigenvalue weighted by atomic mass is 10.1. The van der Waals surface area contributed by atoms with E-state index >= 15 is 0 Å². The molecular weight excluding hydrogens is 261 g/mol. The lowest BCUT2D eigenvalue weighted by Crippen LogP contribution is -2.41. The first-order valence-corrected chi connectivity index (χ1v) is 6.79. The van der Waals surface area contributed by atoms with Crippen LogP contribution < -0.4 is 10.1 Å². The predicted octanol–water partition coefficient (Wildman–Crippen LogP) is 2.56. The van der Waals surface area contributed by atoms with Crippen molar-refractivity contribution in [2.45, 2.75) is 52.4 Å². The van der Waals surface area contributed by atoms with Crippen LogP contribution in [-0.4, -0.2) is 23.2 Å². The van der Waals surface area contributed by atoms with Crippen molar-refractivity contribution in [1.82, 2.24) is 5.32 Å². The second kappa shape index (κ2) is 7.24. The van der Waals surface area contributed by atoms with Crippen LogP contribution in [0.5, 0.6) is 5.75 Å². The van der Waals surface area contributed by atoms with Gasteiger partial charge >= 0.3 is 0 Å². The molecule has 1 rings (SSSR count). The van der Waals surface area contributed by atoms with E-state index in [9.17, 15) is 14.3 Å². The highest BCUT2D eigenvalue weighted by atomic mass is 19.1. The number of aliphatic hydroxyl groups excluding tert-OH is 1. The van der Waals surface area contributed by atoms with Gasteiger partial charge in [0.15, 0.2) is 6.10 Å². The maximum Gasteiger partial charge on any atom is 0.260 e. The number of hydrogen-bond acceptors (Lipinski definition) is 3. The number of aliphatic hydroxyl groups is 1. The number of nitrogens with one attached hydrogen (secondary N) is 1. The van der Waals surface area contributed by atoms with Gasteiger partial charge in [0.1, 0.15) is 11.6 Å². The van der Waals surface area contributed by atoms with E-state index in [2.05, 4.69) is 5.32 Å². The first-order valence-electron chi connectivity index (χ1n) is 6.79. The topological polar surface area (TPSA) is 58.6 Å². The predicted molar refractivity (Wildman–Crippen MR) is 75.0 cm³/mol. The molecule has 112 valence electrons. The molecular formula is C15H22FNO3. The summed E-state index contributed by atoms with van der Waals surface area (Å²) in [6, 6.07) is 3.93. The number of amides is 1. The van der Waals surface area contributed by atoms with Crippen LogP contribution >= 0.6 is 0 Å². The van der Waals surface area contributed by atoms with Crippen LogP contribution in [0.4, 0.5) is 4.39 Å². The highest BCUT2D eigenvalue weighted by molar-refractivity contribution is 5.81. The van der Waals surface area contributed by atoms with Crippen molar-refractivity contribution in [2.24, 2.45) is 0 Å². The van der Waals surface area contributed by atoms with Crippen LogP contribution in [0.15, 0.2) is 18.2 Å². The minimum Gasteiger partial charge on any atom is -0.480 e. The molecule has 0 radical (unpaired) electrons. The monoisotopic (exact) mass is 283 g/mol. The van der Waals surface area contributed by atoms with Gasteiger partial charge in [-0.1, -0.05) is 6.92 Å². The molecule has 0 heterocycles. The summed E-state index contributed by atoms with van der Waals surface area (Å²) in [7, 11) is 0. The van der Waals surface area contributed by atoms with Gasteiger partial charge in [-0.2, -0.15) is 0 Å². The first kappa shape index (κ1) is 16.4.